The van der Waals surface area contributed by atoms with Crippen LogP contribution >= 0.6 is 0 Å². The molecule has 1 unspecified atom stereocenters. The van der Waals surface area contributed by atoms with E-state index in [1.807, 2.05) is 37.3 Å². The number of aliphatic hydroxyl groups is 1. The van der Waals surface area contributed by atoms with Gasteiger partial charge in [-0.1, -0.05) is 37.3 Å². The topological polar surface area (TPSA) is 75.4 Å². The Bertz CT molecular complexity index is 354. The van der Waals surface area contributed by atoms with Crippen molar-refractivity contribution in [3.05, 3.63) is 35.9 Å². The first-order chi connectivity index (χ1) is 8.65. The molecule has 0 heterocycles. The van der Waals surface area contributed by atoms with E-state index in [2.05, 4.69) is 5.32 Å². The second kappa shape index (κ2) is 7.84. The molecule has 1 aromatic rings. The lowest BCUT2D eigenvalue weighted by atomic mass is 10.0. The molecule has 0 fully saturated rings. The molecule has 0 aliphatic rings. The number of hydrogen-bond acceptors (Lipinski definition) is 3. The summed E-state index contributed by atoms with van der Waals surface area (Å²) < 4.78 is 0. The number of nitrogens with one attached hydrogen (secondary N) is 1. The number of aliphatic hydroxyl groups excluding tert-OH is 1. The van der Waals surface area contributed by atoms with Crippen molar-refractivity contribution in [1.29, 1.82) is 0 Å². The smallest absolute Gasteiger partial charge is 0.220 e. The molecule has 4 nitrogen and oxygen atoms in total. The zero-order valence-corrected chi connectivity index (χ0v) is 10.8. The third-order valence-corrected chi connectivity index (χ3v) is 2.85. The predicted octanol–water partition coefficient (Wildman–Crippen LogP) is 0.691. The van der Waals surface area contributed by atoms with E-state index < -0.39 is 0 Å². The zero-order valence-electron chi connectivity index (χ0n) is 10.8. The van der Waals surface area contributed by atoms with Crippen LogP contribution in [0.2, 0.25) is 0 Å². The van der Waals surface area contributed by atoms with Gasteiger partial charge in [-0.25, -0.2) is 0 Å². The number of amides is 1. The van der Waals surface area contributed by atoms with E-state index in [-0.39, 0.29) is 24.5 Å². The van der Waals surface area contributed by atoms with Crippen LogP contribution in [-0.4, -0.2) is 30.2 Å². The van der Waals surface area contributed by atoms with Crippen LogP contribution in [0.1, 0.15) is 18.9 Å². The van der Waals surface area contributed by atoms with Crippen molar-refractivity contribution in [3.8, 4) is 0 Å². The van der Waals surface area contributed by atoms with E-state index in [0.29, 0.717) is 19.4 Å². The molecule has 0 radical (unpaired) electrons. The Labute approximate surface area is 108 Å². The van der Waals surface area contributed by atoms with E-state index in [1.165, 1.54) is 0 Å². The molecule has 1 rings (SSSR count). The van der Waals surface area contributed by atoms with Gasteiger partial charge in [0.1, 0.15) is 0 Å². The van der Waals surface area contributed by atoms with Gasteiger partial charge in [0.25, 0.3) is 0 Å². The summed E-state index contributed by atoms with van der Waals surface area (Å²) in [6.07, 6.45) is 1.04. The highest BCUT2D eigenvalue weighted by Crippen LogP contribution is 2.04. The van der Waals surface area contributed by atoms with E-state index in [1.54, 1.807) is 0 Å². The highest BCUT2D eigenvalue weighted by atomic mass is 16.3. The number of carbonyl (C=O) groups is 1. The summed E-state index contributed by atoms with van der Waals surface area (Å²) in [5.41, 5.74) is 6.58. The summed E-state index contributed by atoms with van der Waals surface area (Å²) in [6, 6.07) is 9.57. The van der Waals surface area contributed by atoms with Crippen LogP contribution in [0.3, 0.4) is 0 Å². The molecule has 1 amide bonds. The molecule has 0 saturated carbocycles. The van der Waals surface area contributed by atoms with Gasteiger partial charge in [-0.05, 0) is 24.4 Å². The fourth-order valence-electron chi connectivity index (χ4n) is 1.75. The Morgan fingerprint density at radius 2 is 2.06 bits per heavy atom. The summed E-state index contributed by atoms with van der Waals surface area (Å²) in [5, 5.41) is 12.1. The van der Waals surface area contributed by atoms with Gasteiger partial charge in [0, 0.05) is 6.42 Å². The third-order valence-electron chi connectivity index (χ3n) is 2.85. The molecule has 4 heteroatoms. The fourth-order valence-corrected chi connectivity index (χ4v) is 1.75. The van der Waals surface area contributed by atoms with Crippen molar-refractivity contribution in [2.45, 2.75) is 25.8 Å². The minimum atomic E-state index is -0.232. The standard InChI is InChI=1S/C14H22N2O2/c1-11(9-15)7-14(18)16-13(10-17)8-12-5-3-2-4-6-12/h2-6,11,13,17H,7-10,15H2,1H3,(H,16,18)/t11?,13-/m0/s1. The lowest BCUT2D eigenvalue weighted by Gasteiger charge is -2.17. The maximum absolute atomic E-state index is 11.7. The van der Waals surface area contributed by atoms with Crippen molar-refractivity contribution in [3.63, 3.8) is 0 Å². The normalized spacial score (nSPS) is 13.9. The molecule has 0 bridgehead atoms. The van der Waals surface area contributed by atoms with E-state index in [0.717, 1.165) is 5.56 Å². The summed E-state index contributed by atoms with van der Waals surface area (Å²) in [7, 11) is 0. The van der Waals surface area contributed by atoms with E-state index >= 15 is 0 Å². The van der Waals surface area contributed by atoms with Crippen molar-refractivity contribution in [2.75, 3.05) is 13.2 Å². The van der Waals surface area contributed by atoms with Crippen LogP contribution in [-0.2, 0) is 11.2 Å². The molecular weight excluding hydrogens is 228 g/mol. The molecule has 0 aliphatic carbocycles. The van der Waals surface area contributed by atoms with Gasteiger partial charge in [-0.3, -0.25) is 4.79 Å². The van der Waals surface area contributed by atoms with Crippen LogP contribution in [0.15, 0.2) is 30.3 Å². The monoisotopic (exact) mass is 250 g/mol. The molecule has 1 aromatic carbocycles. The summed E-state index contributed by atoms with van der Waals surface area (Å²) in [4.78, 5) is 11.7. The molecule has 0 saturated heterocycles. The van der Waals surface area contributed by atoms with Crippen LogP contribution in [0, 0.1) is 5.92 Å². The third kappa shape index (κ3) is 5.29. The Balaban J connectivity index is 2.45. The average molecular weight is 250 g/mol. The molecule has 100 valence electrons. The van der Waals surface area contributed by atoms with Gasteiger partial charge < -0.3 is 16.2 Å². The molecule has 0 aromatic heterocycles. The van der Waals surface area contributed by atoms with Crippen molar-refractivity contribution < 1.29 is 9.90 Å². The zero-order chi connectivity index (χ0) is 13.4. The van der Waals surface area contributed by atoms with Gasteiger partial charge in [0.05, 0.1) is 12.6 Å². The van der Waals surface area contributed by atoms with E-state index in [9.17, 15) is 9.90 Å². The predicted molar refractivity (Wildman–Crippen MR) is 72.0 cm³/mol. The van der Waals surface area contributed by atoms with Crippen molar-refractivity contribution in [2.24, 2.45) is 11.7 Å². The van der Waals surface area contributed by atoms with Gasteiger partial charge in [-0.2, -0.15) is 0 Å². The molecule has 2 atom stereocenters. The van der Waals surface area contributed by atoms with Crippen LogP contribution < -0.4 is 11.1 Å². The highest BCUT2D eigenvalue weighted by Gasteiger charge is 2.13. The van der Waals surface area contributed by atoms with Crippen molar-refractivity contribution >= 4 is 5.91 Å². The summed E-state index contributed by atoms with van der Waals surface area (Å²) >= 11 is 0. The molecule has 4 N–H and O–H groups in total. The average Bonchev–Trinajstić information content (AvgIpc) is 2.38. The first kappa shape index (κ1) is 14.7. The first-order valence-electron chi connectivity index (χ1n) is 6.30. The quantitative estimate of drug-likeness (QED) is 0.666. The van der Waals surface area contributed by atoms with Crippen LogP contribution in [0.4, 0.5) is 0 Å². The van der Waals surface area contributed by atoms with Gasteiger partial charge >= 0.3 is 0 Å². The number of nitrogens with two attached hydrogens (primary N) is 1. The number of hydrogen-bond donors (Lipinski definition) is 3. The van der Waals surface area contributed by atoms with Crippen LogP contribution in [0.25, 0.3) is 0 Å². The molecule has 18 heavy (non-hydrogen) atoms. The Morgan fingerprint density at radius 3 is 2.61 bits per heavy atom. The number of benzene rings is 1. The maximum atomic E-state index is 11.7. The molecular formula is C14H22N2O2. The SMILES string of the molecule is CC(CN)CC(=O)N[C@H](CO)Cc1ccccc1. The largest absolute Gasteiger partial charge is 0.394 e. The Morgan fingerprint density at radius 1 is 1.39 bits per heavy atom. The van der Waals surface area contributed by atoms with Gasteiger partial charge in [0.2, 0.25) is 5.91 Å². The van der Waals surface area contributed by atoms with Gasteiger partial charge in [-0.15, -0.1) is 0 Å². The number of rotatable bonds is 7. The lowest BCUT2D eigenvalue weighted by Crippen LogP contribution is -2.40. The minimum absolute atomic E-state index is 0.0528. The second-order valence-electron chi connectivity index (χ2n) is 4.68. The summed E-state index contributed by atoms with van der Waals surface area (Å²) in [5.74, 6) is 0.115. The minimum Gasteiger partial charge on any atom is -0.394 e. The highest BCUT2D eigenvalue weighted by molar-refractivity contribution is 5.76. The summed E-state index contributed by atoms with van der Waals surface area (Å²) in [6.45, 7) is 2.37. The van der Waals surface area contributed by atoms with Crippen molar-refractivity contribution in [1.82, 2.24) is 5.32 Å². The number of carbonyl (C=O) groups excluding carboxylic acids is 1. The lowest BCUT2D eigenvalue weighted by molar-refractivity contribution is -0.122. The Kier molecular flexibility index (Phi) is 6.39. The van der Waals surface area contributed by atoms with Gasteiger partial charge in [0.15, 0.2) is 0 Å². The Hall–Kier alpha value is -1.39. The van der Waals surface area contributed by atoms with Crippen LogP contribution in [0.5, 0.6) is 0 Å². The fraction of sp³-hybridized carbons (Fsp3) is 0.500. The second-order valence-corrected chi connectivity index (χ2v) is 4.68. The van der Waals surface area contributed by atoms with E-state index in [4.69, 9.17) is 5.73 Å². The molecule has 0 aliphatic heterocycles. The first-order valence-corrected chi connectivity index (χ1v) is 6.30. The maximum Gasteiger partial charge on any atom is 0.220 e. The molecule has 0 spiro atoms.